The number of nitrogens with two attached hydrogens (primary N) is 1. The van der Waals surface area contributed by atoms with E-state index in [0.29, 0.717) is 58.8 Å². The number of hydrogen-bond donors (Lipinski definition) is 1. The summed E-state index contributed by atoms with van der Waals surface area (Å²) in [6.07, 6.45) is 5.66. The quantitative estimate of drug-likeness (QED) is 0.583. The maximum Gasteiger partial charge on any atom is 0.254 e. The monoisotopic (exact) mass is 495 g/mol. The highest BCUT2D eigenvalue weighted by Gasteiger charge is 2.33. The van der Waals surface area contributed by atoms with Gasteiger partial charge in [-0.3, -0.25) is 4.79 Å². The zero-order valence-corrected chi connectivity index (χ0v) is 20.7. The average Bonchev–Trinajstić information content (AvgIpc) is 3.39. The highest BCUT2D eigenvalue weighted by Crippen LogP contribution is 2.40. The van der Waals surface area contributed by atoms with Gasteiger partial charge in [-0.2, -0.15) is 0 Å². The highest BCUT2D eigenvalue weighted by molar-refractivity contribution is 7.94. The smallest absolute Gasteiger partial charge is 0.254 e. The van der Waals surface area contributed by atoms with Gasteiger partial charge in [-0.25, -0.2) is 13.4 Å². The normalized spacial score (nSPS) is 21.0. The molecule has 0 bridgehead atoms. The molecule has 1 saturated carbocycles. The summed E-state index contributed by atoms with van der Waals surface area (Å²) >= 11 is 0. The van der Waals surface area contributed by atoms with Gasteiger partial charge < -0.3 is 24.5 Å². The minimum absolute atomic E-state index is 0.00804. The van der Waals surface area contributed by atoms with Gasteiger partial charge in [0, 0.05) is 49.3 Å². The van der Waals surface area contributed by atoms with E-state index in [1.165, 1.54) is 5.41 Å². The molecule has 2 aromatic heterocycles. The Morgan fingerprint density at radius 2 is 2.03 bits per heavy atom. The van der Waals surface area contributed by atoms with Crippen LogP contribution >= 0.6 is 0 Å². The van der Waals surface area contributed by atoms with Crippen molar-refractivity contribution in [1.29, 1.82) is 0 Å². The van der Waals surface area contributed by atoms with Crippen molar-refractivity contribution in [3.8, 4) is 17.3 Å². The molecule has 2 fully saturated rings. The van der Waals surface area contributed by atoms with Gasteiger partial charge in [0.15, 0.2) is 5.82 Å². The average molecular weight is 496 g/mol. The van der Waals surface area contributed by atoms with E-state index in [1.807, 2.05) is 22.2 Å². The second kappa shape index (κ2) is 7.96. The number of nitrogens with zero attached hydrogens (tertiary/aromatic N) is 4. The third-order valence-electron chi connectivity index (χ3n) is 7.28. The van der Waals surface area contributed by atoms with Crippen molar-refractivity contribution in [2.75, 3.05) is 20.2 Å². The first-order valence-corrected chi connectivity index (χ1v) is 13.6. The van der Waals surface area contributed by atoms with E-state index in [4.69, 9.17) is 15.5 Å². The number of methoxy groups -OCH3 is 1. The Morgan fingerprint density at radius 1 is 1.23 bits per heavy atom. The van der Waals surface area contributed by atoms with Crippen LogP contribution in [0.1, 0.15) is 41.6 Å². The summed E-state index contributed by atoms with van der Waals surface area (Å²) in [7, 11) is -0.00295. The van der Waals surface area contributed by atoms with Crippen molar-refractivity contribution in [3.63, 3.8) is 0 Å². The molecule has 3 aliphatic rings. The zero-order chi connectivity index (χ0) is 24.5. The number of carbonyl (C=O) groups is 1. The fourth-order valence-electron chi connectivity index (χ4n) is 5.34. The summed E-state index contributed by atoms with van der Waals surface area (Å²) in [4.78, 5) is 20.0. The Bertz CT molecular complexity index is 1500. The predicted octanol–water partition coefficient (Wildman–Crippen LogP) is 2.78. The molecule has 0 radical (unpaired) electrons. The maximum absolute atomic E-state index is 13.3. The van der Waals surface area contributed by atoms with Crippen molar-refractivity contribution < 1.29 is 17.9 Å². The molecule has 1 aromatic carbocycles. The Hall–Kier alpha value is -3.11. The molecule has 2 aliphatic heterocycles. The largest absolute Gasteiger partial charge is 0.494 e. The third kappa shape index (κ3) is 3.66. The van der Waals surface area contributed by atoms with Gasteiger partial charge in [-0.05, 0) is 55.9 Å². The molecule has 184 valence electrons. The molecular formula is C25H29N5O4S. The second-order valence-corrected chi connectivity index (χ2v) is 11.6. The number of benzene rings is 1. The summed E-state index contributed by atoms with van der Waals surface area (Å²) in [5, 5.41) is 1.61. The molecule has 6 rings (SSSR count). The van der Waals surface area contributed by atoms with Crippen LogP contribution in [0.25, 0.3) is 28.6 Å². The van der Waals surface area contributed by atoms with Crippen molar-refractivity contribution >= 4 is 32.9 Å². The number of imidazole rings is 1. The number of fused-ring (bicyclic) bond motifs is 2. The third-order valence-corrected chi connectivity index (χ3v) is 8.77. The Labute approximate surface area is 204 Å². The number of hydrogen-bond acceptors (Lipinski definition) is 6. The van der Waals surface area contributed by atoms with Crippen LogP contribution in [0.3, 0.4) is 0 Å². The lowest BCUT2D eigenvalue weighted by molar-refractivity contribution is 0.0708. The number of piperidine rings is 1. The molecule has 0 unspecified atom stereocenters. The van der Waals surface area contributed by atoms with Crippen molar-refractivity contribution in [2.24, 2.45) is 18.7 Å². The molecule has 3 aromatic rings. The summed E-state index contributed by atoms with van der Waals surface area (Å²) in [6, 6.07) is 5.44. The van der Waals surface area contributed by atoms with Crippen LogP contribution in [0.15, 0.2) is 28.6 Å². The van der Waals surface area contributed by atoms with E-state index in [-0.39, 0.29) is 11.9 Å². The molecule has 0 spiro atoms. The molecule has 4 heterocycles. The number of amides is 1. The zero-order valence-electron chi connectivity index (χ0n) is 19.9. The minimum Gasteiger partial charge on any atom is -0.494 e. The molecule has 1 amide bonds. The Morgan fingerprint density at radius 3 is 2.74 bits per heavy atom. The van der Waals surface area contributed by atoms with E-state index in [0.717, 1.165) is 36.9 Å². The van der Waals surface area contributed by atoms with Gasteiger partial charge in [-0.15, -0.1) is 0 Å². The van der Waals surface area contributed by atoms with E-state index >= 15 is 0 Å². The number of likely N-dealkylation sites (tertiary alicyclic amines) is 1. The van der Waals surface area contributed by atoms with Gasteiger partial charge in [0.2, 0.25) is 9.84 Å². The number of rotatable bonds is 5. The fraction of sp³-hybridized carbons (Fsp3) is 0.440. The van der Waals surface area contributed by atoms with Crippen LogP contribution in [0.5, 0.6) is 5.75 Å². The van der Waals surface area contributed by atoms with Crippen molar-refractivity contribution in [1.82, 2.24) is 19.0 Å². The van der Waals surface area contributed by atoms with Gasteiger partial charge in [0.1, 0.15) is 16.3 Å². The summed E-state index contributed by atoms with van der Waals surface area (Å²) in [6.45, 7) is 1.86. The van der Waals surface area contributed by atoms with E-state index in [9.17, 15) is 13.2 Å². The molecule has 1 atom stereocenters. The van der Waals surface area contributed by atoms with Crippen molar-refractivity contribution in [3.05, 3.63) is 34.7 Å². The number of aromatic nitrogens is 3. The number of carbonyl (C=O) groups excluding carboxylic acids is 1. The number of ether oxygens (including phenoxy) is 1. The summed E-state index contributed by atoms with van der Waals surface area (Å²) < 4.78 is 35.0. The first-order valence-electron chi connectivity index (χ1n) is 12.0. The Kier molecular flexibility index (Phi) is 5.08. The van der Waals surface area contributed by atoms with Gasteiger partial charge in [0.25, 0.3) is 5.91 Å². The molecular weight excluding hydrogens is 466 g/mol. The lowest BCUT2D eigenvalue weighted by atomic mass is 10.0. The standard InChI is InChI=1S/C25H29N5O4S/c1-28-22-19(10-17(12-21(22)34-2)24(31)29-8-3-4-18(26)14-29)27-23(28)20-11-16-7-9-35(32,33)25(16)30(20)13-15-5-6-15/h7,9-12,15,18H,3-6,8,13-14,26H2,1-2H3/t18-/m1/s1. The Balaban J connectivity index is 1.48. The number of sulfone groups is 1. The SMILES string of the molecule is COc1cc(C(=O)N2CCC[C@@H](N)C2)cc2nc(-c3cc4c(n3CC3CC3)S(=O)(=O)C=C4)n(C)c12. The molecule has 2 N–H and O–H groups in total. The second-order valence-electron chi connectivity index (χ2n) is 9.89. The van der Waals surface area contributed by atoms with Crippen LogP contribution in [-0.4, -0.2) is 59.6 Å². The lowest BCUT2D eigenvalue weighted by Crippen LogP contribution is -2.45. The molecule has 35 heavy (non-hydrogen) atoms. The maximum atomic E-state index is 13.3. The molecule has 9 nitrogen and oxygen atoms in total. The summed E-state index contributed by atoms with van der Waals surface area (Å²) in [5.74, 6) is 1.58. The van der Waals surface area contributed by atoms with Crippen LogP contribution in [-0.2, 0) is 23.4 Å². The first-order chi connectivity index (χ1) is 16.8. The minimum atomic E-state index is -3.47. The number of aryl methyl sites for hydroxylation is 1. The van der Waals surface area contributed by atoms with Crippen molar-refractivity contribution in [2.45, 2.75) is 43.3 Å². The molecule has 1 saturated heterocycles. The van der Waals surface area contributed by atoms with Gasteiger partial charge in [0.05, 0.1) is 18.3 Å². The van der Waals surface area contributed by atoms with E-state index < -0.39 is 9.84 Å². The predicted molar refractivity (Wildman–Crippen MR) is 133 cm³/mol. The lowest BCUT2D eigenvalue weighted by Gasteiger charge is -2.30. The summed E-state index contributed by atoms with van der Waals surface area (Å²) in [5.41, 5.74) is 9.43. The first kappa shape index (κ1) is 22.4. The van der Waals surface area contributed by atoms with E-state index in [1.54, 1.807) is 30.2 Å². The van der Waals surface area contributed by atoms with Crippen LogP contribution in [0, 0.1) is 5.92 Å². The molecule has 10 heteroatoms. The molecule has 1 aliphatic carbocycles. The van der Waals surface area contributed by atoms with Crippen LogP contribution < -0.4 is 10.5 Å². The topological polar surface area (TPSA) is 112 Å². The van der Waals surface area contributed by atoms with Gasteiger partial charge >= 0.3 is 0 Å². The van der Waals surface area contributed by atoms with Crippen LogP contribution in [0.2, 0.25) is 0 Å². The fourth-order valence-corrected chi connectivity index (χ4v) is 6.73. The van der Waals surface area contributed by atoms with Crippen LogP contribution in [0.4, 0.5) is 0 Å². The van der Waals surface area contributed by atoms with E-state index in [2.05, 4.69) is 0 Å². The highest BCUT2D eigenvalue weighted by atomic mass is 32.2. The van der Waals surface area contributed by atoms with Gasteiger partial charge in [-0.1, -0.05) is 0 Å².